The van der Waals surface area contributed by atoms with Crippen LogP contribution in [0.1, 0.15) is 5.56 Å². The second-order valence-corrected chi connectivity index (χ2v) is 4.08. The van der Waals surface area contributed by atoms with Crippen LogP contribution in [0, 0.1) is 11.3 Å². The predicted octanol–water partition coefficient (Wildman–Crippen LogP) is 3.45. The lowest BCUT2D eigenvalue weighted by Gasteiger charge is -2.06. The normalized spacial score (nSPS) is 9.56. The van der Waals surface area contributed by atoms with E-state index in [0.717, 1.165) is 11.1 Å². The van der Waals surface area contributed by atoms with E-state index in [1.165, 1.54) is 0 Å². The number of benzene rings is 2. The van der Waals surface area contributed by atoms with Crippen LogP contribution in [-0.4, -0.2) is 6.41 Å². The molecule has 0 saturated carbocycles. The Balaban J connectivity index is 2.44. The van der Waals surface area contributed by atoms with Crippen LogP contribution >= 0.6 is 11.6 Å². The number of amides is 1. The topological polar surface area (TPSA) is 52.9 Å². The second-order valence-electron chi connectivity index (χ2n) is 3.64. The Morgan fingerprint density at radius 3 is 2.39 bits per heavy atom. The standard InChI is InChI=1S/C14H9ClN2O/c15-13-4-1-10(2-5-13)11-3-6-14(17-9-18)12(7-11)8-16/h1-7,9H,(H,17,18). The monoisotopic (exact) mass is 256 g/mol. The summed E-state index contributed by atoms with van der Waals surface area (Å²) < 4.78 is 0. The van der Waals surface area contributed by atoms with Crippen LogP contribution < -0.4 is 5.32 Å². The molecule has 0 unspecified atom stereocenters. The summed E-state index contributed by atoms with van der Waals surface area (Å²) in [4.78, 5) is 10.4. The van der Waals surface area contributed by atoms with Crippen molar-refractivity contribution >= 4 is 23.7 Å². The van der Waals surface area contributed by atoms with Gasteiger partial charge in [0.05, 0.1) is 11.3 Å². The van der Waals surface area contributed by atoms with Gasteiger partial charge in [-0.3, -0.25) is 4.79 Å². The lowest BCUT2D eigenvalue weighted by molar-refractivity contribution is -0.105. The van der Waals surface area contributed by atoms with Gasteiger partial charge < -0.3 is 5.32 Å². The van der Waals surface area contributed by atoms with Crippen molar-refractivity contribution in [2.45, 2.75) is 0 Å². The van der Waals surface area contributed by atoms with Crippen LogP contribution in [0.3, 0.4) is 0 Å². The first-order valence-electron chi connectivity index (χ1n) is 5.25. The third kappa shape index (κ3) is 2.50. The van der Waals surface area contributed by atoms with E-state index in [-0.39, 0.29) is 0 Å². The van der Waals surface area contributed by atoms with E-state index in [0.29, 0.717) is 22.7 Å². The van der Waals surface area contributed by atoms with Crippen molar-refractivity contribution in [3.8, 4) is 17.2 Å². The maximum atomic E-state index is 10.4. The molecule has 0 aliphatic rings. The zero-order chi connectivity index (χ0) is 13.0. The summed E-state index contributed by atoms with van der Waals surface area (Å²) in [5.74, 6) is 0. The highest BCUT2D eigenvalue weighted by molar-refractivity contribution is 6.30. The summed E-state index contributed by atoms with van der Waals surface area (Å²) in [5.41, 5.74) is 2.80. The molecule has 0 bridgehead atoms. The zero-order valence-corrected chi connectivity index (χ0v) is 10.1. The summed E-state index contributed by atoms with van der Waals surface area (Å²) in [5, 5.41) is 12.2. The van der Waals surface area contributed by atoms with E-state index in [1.54, 1.807) is 24.3 Å². The van der Waals surface area contributed by atoms with Crippen molar-refractivity contribution in [2.24, 2.45) is 0 Å². The molecule has 0 aliphatic heterocycles. The van der Waals surface area contributed by atoms with Gasteiger partial charge in [-0.05, 0) is 35.4 Å². The molecule has 18 heavy (non-hydrogen) atoms. The Kier molecular flexibility index (Phi) is 3.61. The minimum Gasteiger partial charge on any atom is -0.328 e. The number of anilines is 1. The number of nitriles is 1. The molecule has 2 rings (SSSR count). The molecular formula is C14H9ClN2O. The number of hydrogen-bond acceptors (Lipinski definition) is 2. The van der Waals surface area contributed by atoms with Gasteiger partial charge in [0.1, 0.15) is 6.07 Å². The van der Waals surface area contributed by atoms with Gasteiger partial charge >= 0.3 is 0 Å². The molecule has 0 aromatic heterocycles. The molecule has 1 amide bonds. The fourth-order valence-electron chi connectivity index (χ4n) is 1.65. The second kappa shape index (κ2) is 5.35. The fraction of sp³-hybridized carbons (Fsp3) is 0. The Morgan fingerprint density at radius 1 is 1.11 bits per heavy atom. The molecule has 0 atom stereocenters. The Hall–Kier alpha value is -2.31. The Bertz CT molecular complexity index is 615. The van der Waals surface area contributed by atoms with Gasteiger partial charge in [0.15, 0.2) is 0 Å². The van der Waals surface area contributed by atoms with Gasteiger partial charge in [-0.1, -0.05) is 29.8 Å². The molecule has 0 fully saturated rings. The van der Waals surface area contributed by atoms with Crippen molar-refractivity contribution in [3.05, 3.63) is 53.1 Å². The first-order valence-corrected chi connectivity index (χ1v) is 5.62. The van der Waals surface area contributed by atoms with Gasteiger partial charge in [-0.15, -0.1) is 0 Å². The quantitative estimate of drug-likeness (QED) is 0.855. The van der Waals surface area contributed by atoms with Gasteiger partial charge in [0, 0.05) is 5.02 Å². The van der Waals surface area contributed by atoms with E-state index in [4.69, 9.17) is 16.9 Å². The van der Waals surface area contributed by atoms with Gasteiger partial charge in [0.2, 0.25) is 6.41 Å². The molecule has 2 aromatic carbocycles. The highest BCUT2D eigenvalue weighted by Gasteiger charge is 2.04. The number of carbonyl (C=O) groups excluding carboxylic acids is 1. The van der Waals surface area contributed by atoms with E-state index in [1.807, 2.05) is 18.2 Å². The lowest BCUT2D eigenvalue weighted by Crippen LogP contribution is -1.96. The van der Waals surface area contributed by atoms with Crippen molar-refractivity contribution in [1.82, 2.24) is 0 Å². The third-order valence-corrected chi connectivity index (χ3v) is 2.78. The van der Waals surface area contributed by atoms with E-state index >= 15 is 0 Å². The van der Waals surface area contributed by atoms with Crippen LogP contribution in [-0.2, 0) is 4.79 Å². The van der Waals surface area contributed by atoms with E-state index < -0.39 is 0 Å². The molecule has 0 aliphatic carbocycles. The summed E-state index contributed by atoms with van der Waals surface area (Å²) >= 11 is 5.82. The molecular weight excluding hydrogens is 248 g/mol. The third-order valence-electron chi connectivity index (χ3n) is 2.53. The summed E-state index contributed by atoms with van der Waals surface area (Å²) in [6.07, 6.45) is 0.554. The molecule has 0 radical (unpaired) electrons. The smallest absolute Gasteiger partial charge is 0.211 e. The Morgan fingerprint density at radius 2 is 1.78 bits per heavy atom. The molecule has 1 N–H and O–H groups in total. The number of halogens is 1. The number of hydrogen-bond donors (Lipinski definition) is 1. The summed E-state index contributed by atoms with van der Waals surface area (Å²) in [6, 6.07) is 14.7. The minimum atomic E-state index is 0.426. The average molecular weight is 257 g/mol. The fourth-order valence-corrected chi connectivity index (χ4v) is 1.77. The van der Waals surface area contributed by atoms with E-state index in [9.17, 15) is 4.79 Å². The average Bonchev–Trinajstić information content (AvgIpc) is 2.40. The Labute approximate surface area is 110 Å². The lowest BCUT2D eigenvalue weighted by atomic mass is 10.0. The molecule has 0 saturated heterocycles. The maximum Gasteiger partial charge on any atom is 0.211 e. The van der Waals surface area contributed by atoms with Gasteiger partial charge in [-0.25, -0.2) is 0 Å². The van der Waals surface area contributed by atoms with Crippen LogP contribution in [0.15, 0.2) is 42.5 Å². The van der Waals surface area contributed by atoms with Crippen molar-refractivity contribution < 1.29 is 4.79 Å². The van der Waals surface area contributed by atoms with Gasteiger partial charge in [0.25, 0.3) is 0 Å². The van der Waals surface area contributed by atoms with E-state index in [2.05, 4.69) is 11.4 Å². The van der Waals surface area contributed by atoms with Crippen LogP contribution in [0.25, 0.3) is 11.1 Å². The SMILES string of the molecule is N#Cc1cc(-c2ccc(Cl)cc2)ccc1NC=O. The number of carbonyl (C=O) groups is 1. The molecule has 0 heterocycles. The first-order chi connectivity index (χ1) is 8.74. The van der Waals surface area contributed by atoms with Gasteiger partial charge in [-0.2, -0.15) is 5.26 Å². The molecule has 2 aromatic rings. The number of nitrogens with zero attached hydrogens (tertiary/aromatic N) is 1. The molecule has 0 spiro atoms. The van der Waals surface area contributed by atoms with Crippen molar-refractivity contribution in [2.75, 3.05) is 5.32 Å². The van der Waals surface area contributed by atoms with Crippen molar-refractivity contribution in [3.63, 3.8) is 0 Å². The number of rotatable bonds is 3. The van der Waals surface area contributed by atoms with Crippen LogP contribution in [0.2, 0.25) is 5.02 Å². The predicted molar refractivity (Wildman–Crippen MR) is 71.3 cm³/mol. The molecule has 3 nitrogen and oxygen atoms in total. The first kappa shape index (κ1) is 12.2. The van der Waals surface area contributed by atoms with Crippen LogP contribution in [0.5, 0.6) is 0 Å². The summed E-state index contributed by atoms with van der Waals surface area (Å²) in [6.45, 7) is 0. The van der Waals surface area contributed by atoms with Crippen LogP contribution in [0.4, 0.5) is 5.69 Å². The minimum absolute atomic E-state index is 0.426. The number of nitrogens with one attached hydrogen (secondary N) is 1. The maximum absolute atomic E-state index is 10.4. The highest BCUT2D eigenvalue weighted by atomic mass is 35.5. The van der Waals surface area contributed by atoms with Crippen molar-refractivity contribution in [1.29, 1.82) is 5.26 Å². The largest absolute Gasteiger partial charge is 0.328 e. The molecule has 4 heteroatoms. The molecule has 88 valence electrons. The highest BCUT2D eigenvalue weighted by Crippen LogP contribution is 2.25. The summed E-state index contributed by atoms with van der Waals surface area (Å²) in [7, 11) is 0. The zero-order valence-electron chi connectivity index (χ0n) is 9.35.